The number of Topliss-reactive ketones (excluding diaryl/α,β-unsaturated/α-hetero) is 1. The number of aliphatic hydroxyl groups is 1. The number of carboxylic acids is 1. The standard InChI is InChI=1S/C4H8O2.C2H4O2/c1-2-4(6)3-5;1-2(3)4/h5H,2-3H2,1H3;1H3,(H,3,4). The van der Waals surface area contributed by atoms with E-state index in [4.69, 9.17) is 15.0 Å². The lowest BCUT2D eigenvalue weighted by Crippen LogP contribution is -1.99. The maximum Gasteiger partial charge on any atom is 0.300 e. The second kappa shape index (κ2) is 8.10. The Hall–Kier alpha value is -0.900. The zero-order valence-electron chi connectivity index (χ0n) is 6.13. The summed E-state index contributed by atoms with van der Waals surface area (Å²) < 4.78 is 0. The average molecular weight is 148 g/mol. The predicted octanol–water partition coefficient (Wildman–Crippen LogP) is 0.0487. The van der Waals surface area contributed by atoms with Crippen molar-refractivity contribution in [2.24, 2.45) is 0 Å². The molecule has 0 radical (unpaired) electrons. The van der Waals surface area contributed by atoms with Crippen molar-refractivity contribution in [3.8, 4) is 0 Å². The van der Waals surface area contributed by atoms with Crippen LogP contribution in [0.25, 0.3) is 0 Å². The van der Waals surface area contributed by atoms with Gasteiger partial charge in [-0.25, -0.2) is 0 Å². The Balaban J connectivity index is 0. The molecule has 0 amide bonds. The number of ketones is 1. The molecule has 0 spiro atoms. The zero-order chi connectivity index (χ0) is 8.57. The molecule has 0 aromatic heterocycles. The van der Waals surface area contributed by atoms with Gasteiger partial charge in [0.25, 0.3) is 5.97 Å². The molecule has 0 aliphatic carbocycles. The van der Waals surface area contributed by atoms with E-state index in [0.717, 1.165) is 6.92 Å². The fourth-order valence-electron chi connectivity index (χ4n) is 0.112. The van der Waals surface area contributed by atoms with Crippen molar-refractivity contribution >= 4 is 11.8 Å². The number of carboxylic acid groups (broad SMARTS) is 1. The van der Waals surface area contributed by atoms with E-state index >= 15 is 0 Å². The van der Waals surface area contributed by atoms with Gasteiger partial charge in [0.15, 0.2) is 5.78 Å². The summed E-state index contributed by atoms with van der Waals surface area (Å²) in [6.45, 7) is 2.50. The Bertz CT molecular complexity index is 98.3. The molecule has 4 nitrogen and oxygen atoms in total. The van der Waals surface area contributed by atoms with Crippen molar-refractivity contribution in [1.29, 1.82) is 0 Å². The quantitative estimate of drug-likeness (QED) is 0.580. The molecular formula is C6H12O4. The van der Waals surface area contributed by atoms with Gasteiger partial charge in [-0.3, -0.25) is 9.59 Å². The molecule has 0 unspecified atom stereocenters. The van der Waals surface area contributed by atoms with Crippen LogP contribution >= 0.6 is 0 Å². The molecule has 0 atom stereocenters. The minimum absolute atomic E-state index is 0.102. The lowest BCUT2D eigenvalue weighted by molar-refractivity contribution is -0.134. The Morgan fingerprint density at radius 1 is 1.40 bits per heavy atom. The molecule has 0 rings (SSSR count). The molecule has 10 heavy (non-hydrogen) atoms. The van der Waals surface area contributed by atoms with Crippen molar-refractivity contribution in [2.75, 3.05) is 6.61 Å². The first-order chi connectivity index (χ1) is 4.54. The number of aliphatic carboxylic acids is 1. The van der Waals surface area contributed by atoms with E-state index in [9.17, 15) is 4.79 Å². The number of rotatable bonds is 2. The minimum Gasteiger partial charge on any atom is -0.481 e. The molecule has 0 aliphatic heterocycles. The number of aliphatic hydroxyl groups excluding tert-OH is 1. The van der Waals surface area contributed by atoms with Crippen LogP contribution in [-0.4, -0.2) is 28.6 Å². The molecule has 0 saturated heterocycles. The highest BCUT2D eigenvalue weighted by molar-refractivity contribution is 5.78. The number of carbonyl (C=O) groups excluding carboxylic acids is 1. The SMILES string of the molecule is CC(=O)O.CCC(=O)CO. The highest BCUT2D eigenvalue weighted by Gasteiger charge is 1.88. The molecule has 0 bridgehead atoms. The Morgan fingerprint density at radius 2 is 1.70 bits per heavy atom. The molecule has 60 valence electrons. The van der Waals surface area contributed by atoms with Gasteiger partial charge in [0.2, 0.25) is 0 Å². The van der Waals surface area contributed by atoms with Gasteiger partial charge in [0.1, 0.15) is 6.61 Å². The second-order valence-electron chi connectivity index (χ2n) is 1.57. The Morgan fingerprint density at radius 3 is 1.70 bits per heavy atom. The number of hydrogen-bond acceptors (Lipinski definition) is 3. The summed E-state index contributed by atoms with van der Waals surface area (Å²) in [6, 6.07) is 0. The van der Waals surface area contributed by atoms with Crippen LogP contribution in [0, 0.1) is 0 Å². The first-order valence-corrected chi connectivity index (χ1v) is 2.86. The van der Waals surface area contributed by atoms with Crippen LogP contribution in [0.1, 0.15) is 20.3 Å². The third-order valence-electron chi connectivity index (χ3n) is 0.571. The summed E-state index contributed by atoms with van der Waals surface area (Å²) in [4.78, 5) is 18.9. The van der Waals surface area contributed by atoms with E-state index in [0.29, 0.717) is 6.42 Å². The fourth-order valence-corrected chi connectivity index (χ4v) is 0.112. The first kappa shape index (κ1) is 11.8. The van der Waals surface area contributed by atoms with Crippen LogP contribution < -0.4 is 0 Å². The monoisotopic (exact) mass is 148 g/mol. The van der Waals surface area contributed by atoms with Crippen molar-refractivity contribution in [2.45, 2.75) is 20.3 Å². The first-order valence-electron chi connectivity index (χ1n) is 2.86. The maximum atomic E-state index is 9.93. The summed E-state index contributed by atoms with van der Waals surface area (Å²) in [5.41, 5.74) is 0. The molecule has 0 heterocycles. The van der Waals surface area contributed by atoms with E-state index in [1.54, 1.807) is 6.92 Å². The third-order valence-corrected chi connectivity index (χ3v) is 0.571. The molecule has 2 N–H and O–H groups in total. The second-order valence-corrected chi connectivity index (χ2v) is 1.57. The minimum atomic E-state index is -0.833. The van der Waals surface area contributed by atoms with Crippen LogP contribution in [0.2, 0.25) is 0 Å². The number of carbonyl (C=O) groups is 2. The van der Waals surface area contributed by atoms with Gasteiger partial charge < -0.3 is 10.2 Å². The largest absolute Gasteiger partial charge is 0.481 e. The molecule has 4 heteroatoms. The Kier molecular flexibility index (Phi) is 9.59. The summed E-state index contributed by atoms with van der Waals surface area (Å²) in [5.74, 6) is -0.935. The molecular weight excluding hydrogens is 136 g/mol. The van der Waals surface area contributed by atoms with Gasteiger partial charge in [-0.2, -0.15) is 0 Å². The summed E-state index contributed by atoms with van der Waals surface area (Å²) in [6.07, 6.45) is 0.441. The van der Waals surface area contributed by atoms with Crippen LogP contribution in [-0.2, 0) is 9.59 Å². The summed E-state index contributed by atoms with van der Waals surface area (Å²) in [5, 5.41) is 15.4. The predicted molar refractivity (Wildman–Crippen MR) is 35.7 cm³/mol. The number of hydrogen-bond donors (Lipinski definition) is 2. The average Bonchev–Trinajstić information content (AvgIpc) is 1.85. The van der Waals surface area contributed by atoms with Gasteiger partial charge in [0.05, 0.1) is 0 Å². The van der Waals surface area contributed by atoms with Gasteiger partial charge in [-0.1, -0.05) is 6.92 Å². The third kappa shape index (κ3) is 27.5. The van der Waals surface area contributed by atoms with Gasteiger partial charge in [-0.15, -0.1) is 0 Å². The summed E-state index contributed by atoms with van der Waals surface area (Å²) in [7, 11) is 0. The van der Waals surface area contributed by atoms with E-state index in [2.05, 4.69) is 0 Å². The molecule has 0 fully saturated rings. The lowest BCUT2D eigenvalue weighted by atomic mass is 10.3. The van der Waals surface area contributed by atoms with E-state index < -0.39 is 5.97 Å². The van der Waals surface area contributed by atoms with Gasteiger partial charge >= 0.3 is 0 Å². The molecule has 0 aromatic carbocycles. The fraction of sp³-hybridized carbons (Fsp3) is 0.667. The summed E-state index contributed by atoms with van der Waals surface area (Å²) >= 11 is 0. The zero-order valence-corrected chi connectivity index (χ0v) is 6.13. The van der Waals surface area contributed by atoms with Crippen molar-refractivity contribution in [3.05, 3.63) is 0 Å². The van der Waals surface area contributed by atoms with E-state index in [1.807, 2.05) is 0 Å². The molecule has 0 saturated carbocycles. The normalized spacial score (nSPS) is 7.50. The van der Waals surface area contributed by atoms with E-state index in [1.165, 1.54) is 0 Å². The van der Waals surface area contributed by atoms with E-state index in [-0.39, 0.29) is 12.4 Å². The van der Waals surface area contributed by atoms with Crippen molar-refractivity contribution < 1.29 is 19.8 Å². The lowest BCUT2D eigenvalue weighted by Gasteiger charge is -1.81. The maximum absolute atomic E-state index is 9.93. The smallest absolute Gasteiger partial charge is 0.300 e. The van der Waals surface area contributed by atoms with Gasteiger partial charge in [-0.05, 0) is 0 Å². The Labute approximate surface area is 59.5 Å². The highest BCUT2D eigenvalue weighted by Crippen LogP contribution is 1.73. The topological polar surface area (TPSA) is 74.6 Å². The van der Waals surface area contributed by atoms with Crippen LogP contribution in [0.15, 0.2) is 0 Å². The van der Waals surface area contributed by atoms with Crippen molar-refractivity contribution in [1.82, 2.24) is 0 Å². The van der Waals surface area contributed by atoms with Crippen molar-refractivity contribution in [3.63, 3.8) is 0 Å². The highest BCUT2D eigenvalue weighted by atomic mass is 16.4. The van der Waals surface area contributed by atoms with Gasteiger partial charge in [0, 0.05) is 13.3 Å². The van der Waals surface area contributed by atoms with Crippen LogP contribution in [0.3, 0.4) is 0 Å². The van der Waals surface area contributed by atoms with Crippen LogP contribution in [0.4, 0.5) is 0 Å². The molecule has 0 aromatic rings. The van der Waals surface area contributed by atoms with Crippen LogP contribution in [0.5, 0.6) is 0 Å². The molecule has 0 aliphatic rings.